The van der Waals surface area contributed by atoms with Gasteiger partial charge in [0.15, 0.2) is 6.33 Å². The molecule has 0 aliphatic rings. The van der Waals surface area contributed by atoms with Crippen LogP contribution in [0.4, 0.5) is 4.79 Å². The van der Waals surface area contributed by atoms with Gasteiger partial charge in [0.1, 0.15) is 0 Å². The Morgan fingerprint density at radius 1 is 1.90 bits per heavy atom. The Labute approximate surface area is 58.4 Å². The second kappa shape index (κ2) is 3.00. The van der Waals surface area contributed by atoms with Crippen molar-refractivity contribution in [1.82, 2.24) is 9.55 Å². The molecule has 0 atom stereocenters. The summed E-state index contributed by atoms with van der Waals surface area (Å²) < 4.78 is 5.80. The van der Waals surface area contributed by atoms with E-state index in [1.54, 1.807) is 6.92 Å². The quantitative estimate of drug-likeness (QED) is 0.574. The predicted octanol–water partition coefficient (Wildman–Crippen LogP) is 0.688. The standard InChI is InChI=1S/C6H7N2O2/c1-2-10-6(9)8-4-3-7-5-8/h3-4H,2H2,1H3. The molecule has 0 aliphatic carbocycles. The fraction of sp³-hybridized carbons (Fsp3) is 0.333. The third kappa shape index (κ3) is 1.34. The molecule has 1 rings (SSSR count). The SMILES string of the molecule is CCOC(=O)n1[c]ncc1. The number of carbonyl (C=O) groups is 1. The Morgan fingerprint density at radius 3 is 3.20 bits per heavy atom. The van der Waals surface area contributed by atoms with E-state index in [4.69, 9.17) is 0 Å². The molecule has 1 aromatic heterocycles. The first-order valence-electron chi connectivity index (χ1n) is 2.92. The summed E-state index contributed by atoms with van der Waals surface area (Å²) >= 11 is 0. The van der Waals surface area contributed by atoms with E-state index >= 15 is 0 Å². The topological polar surface area (TPSA) is 44.1 Å². The van der Waals surface area contributed by atoms with Gasteiger partial charge in [-0.1, -0.05) is 0 Å². The average Bonchev–Trinajstić information content (AvgIpc) is 2.38. The van der Waals surface area contributed by atoms with E-state index in [-0.39, 0.29) is 0 Å². The Hall–Kier alpha value is -1.32. The van der Waals surface area contributed by atoms with Gasteiger partial charge >= 0.3 is 6.09 Å². The minimum absolute atomic E-state index is 0.366. The van der Waals surface area contributed by atoms with E-state index in [2.05, 4.69) is 16.0 Å². The number of carbonyl (C=O) groups excluding carboxylic acids is 1. The van der Waals surface area contributed by atoms with Gasteiger partial charge in [-0.05, 0) is 6.92 Å². The summed E-state index contributed by atoms with van der Waals surface area (Å²) in [4.78, 5) is 14.3. The van der Waals surface area contributed by atoms with Crippen LogP contribution in [-0.2, 0) is 4.74 Å². The lowest BCUT2D eigenvalue weighted by molar-refractivity contribution is 0.153. The van der Waals surface area contributed by atoms with E-state index in [9.17, 15) is 4.79 Å². The number of ether oxygens (including phenoxy) is 1. The lowest BCUT2D eigenvalue weighted by atomic mass is 10.8. The first-order valence-corrected chi connectivity index (χ1v) is 2.92. The minimum atomic E-state index is -0.444. The van der Waals surface area contributed by atoms with Crippen LogP contribution >= 0.6 is 0 Å². The second-order valence-electron chi connectivity index (χ2n) is 1.60. The molecular formula is C6H7N2O2. The molecule has 0 aliphatic heterocycles. The Morgan fingerprint density at radius 2 is 2.70 bits per heavy atom. The van der Waals surface area contributed by atoms with Gasteiger partial charge < -0.3 is 4.74 Å². The summed E-state index contributed by atoms with van der Waals surface area (Å²) in [5, 5.41) is 0. The van der Waals surface area contributed by atoms with E-state index in [1.165, 1.54) is 12.4 Å². The maximum Gasteiger partial charge on any atom is 0.419 e. The average molecular weight is 139 g/mol. The highest BCUT2D eigenvalue weighted by Crippen LogP contribution is 1.87. The maximum absolute atomic E-state index is 10.8. The predicted molar refractivity (Wildman–Crippen MR) is 33.5 cm³/mol. The fourth-order valence-corrected chi connectivity index (χ4v) is 0.524. The highest BCUT2D eigenvalue weighted by molar-refractivity contribution is 5.69. The third-order valence-corrected chi connectivity index (χ3v) is 0.920. The summed E-state index contributed by atoms with van der Waals surface area (Å²) in [6.45, 7) is 2.11. The van der Waals surface area contributed by atoms with Crippen molar-refractivity contribution in [2.45, 2.75) is 6.92 Å². The number of hydrogen-bond donors (Lipinski definition) is 0. The molecule has 0 saturated carbocycles. The van der Waals surface area contributed by atoms with Gasteiger partial charge in [0, 0.05) is 12.4 Å². The number of nitrogens with zero attached hydrogens (tertiary/aromatic N) is 2. The molecule has 0 aromatic carbocycles. The van der Waals surface area contributed by atoms with E-state index in [0.717, 1.165) is 4.57 Å². The van der Waals surface area contributed by atoms with Crippen LogP contribution in [0.25, 0.3) is 0 Å². The van der Waals surface area contributed by atoms with Crippen molar-refractivity contribution in [2.75, 3.05) is 6.61 Å². The summed E-state index contributed by atoms with van der Waals surface area (Å²) in [6.07, 6.45) is 4.92. The third-order valence-electron chi connectivity index (χ3n) is 0.920. The zero-order valence-corrected chi connectivity index (χ0v) is 5.57. The molecule has 1 heterocycles. The van der Waals surface area contributed by atoms with Crippen LogP contribution in [0.1, 0.15) is 6.92 Å². The minimum Gasteiger partial charge on any atom is -0.449 e. The molecule has 53 valence electrons. The van der Waals surface area contributed by atoms with Crippen molar-refractivity contribution >= 4 is 6.09 Å². The number of hydrogen-bond acceptors (Lipinski definition) is 3. The molecule has 4 nitrogen and oxygen atoms in total. The molecular weight excluding hydrogens is 132 g/mol. The van der Waals surface area contributed by atoms with Gasteiger partial charge in [0.2, 0.25) is 0 Å². The normalized spacial score (nSPS) is 9.30. The van der Waals surface area contributed by atoms with Crippen molar-refractivity contribution < 1.29 is 9.53 Å². The van der Waals surface area contributed by atoms with Crippen LogP contribution in [0.15, 0.2) is 12.4 Å². The van der Waals surface area contributed by atoms with E-state index < -0.39 is 6.09 Å². The second-order valence-corrected chi connectivity index (χ2v) is 1.60. The van der Waals surface area contributed by atoms with Crippen LogP contribution in [-0.4, -0.2) is 22.3 Å². The van der Waals surface area contributed by atoms with Crippen molar-refractivity contribution in [3.8, 4) is 0 Å². The van der Waals surface area contributed by atoms with Crippen LogP contribution in [0.5, 0.6) is 0 Å². The molecule has 1 aromatic rings. The Bertz CT molecular complexity index is 206. The van der Waals surface area contributed by atoms with Gasteiger partial charge in [-0.2, -0.15) is 0 Å². The van der Waals surface area contributed by atoms with Gasteiger partial charge in [-0.25, -0.2) is 14.3 Å². The number of rotatable bonds is 1. The highest BCUT2D eigenvalue weighted by Gasteiger charge is 2.01. The molecule has 1 radical (unpaired) electrons. The van der Waals surface area contributed by atoms with Crippen molar-refractivity contribution in [3.63, 3.8) is 0 Å². The molecule has 4 heteroatoms. The molecule has 0 amide bonds. The summed E-state index contributed by atoms with van der Waals surface area (Å²) in [5.74, 6) is 0. The van der Waals surface area contributed by atoms with Crippen molar-refractivity contribution in [2.24, 2.45) is 0 Å². The van der Waals surface area contributed by atoms with Gasteiger partial charge in [0.05, 0.1) is 6.61 Å². The zero-order chi connectivity index (χ0) is 7.40. The van der Waals surface area contributed by atoms with Crippen molar-refractivity contribution in [3.05, 3.63) is 18.7 Å². The smallest absolute Gasteiger partial charge is 0.419 e. The number of aromatic nitrogens is 2. The largest absolute Gasteiger partial charge is 0.449 e. The van der Waals surface area contributed by atoms with Crippen LogP contribution in [0, 0.1) is 6.33 Å². The zero-order valence-electron chi connectivity index (χ0n) is 5.57. The van der Waals surface area contributed by atoms with Crippen LogP contribution in [0.2, 0.25) is 0 Å². The molecule has 0 saturated heterocycles. The maximum atomic E-state index is 10.8. The van der Waals surface area contributed by atoms with E-state index in [0.29, 0.717) is 6.61 Å². The molecule has 0 fully saturated rings. The van der Waals surface area contributed by atoms with Crippen LogP contribution < -0.4 is 0 Å². The monoisotopic (exact) mass is 139 g/mol. The van der Waals surface area contributed by atoms with Gasteiger partial charge in [0.25, 0.3) is 0 Å². The molecule has 10 heavy (non-hydrogen) atoms. The lowest BCUT2D eigenvalue weighted by Gasteiger charge is -1.98. The highest BCUT2D eigenvalue weighted by atomic mass is 16.5. The lowest BCUT2D eigenvalue weighted by Crippen LogP contribution is -2.11. The van der Waals surface area contributed by atoms with Gasteiger partial charge in [-0.3, -0.25) is 0 Å². The Kier molecular flexibility index (Phi) is 2.04. The van der Waals surface area contributed by atoms with E-state index in [1.807, 2.05) is 0 Å². The summed E-state index contributed by atoms with van der Waals surface area (Å²) in [7, 11) is 0. The number of imidazole rings is 1. The molecule has 0 unspecified atom stereocenters. The van der Waals surface area contributed by atoms with Crippen molar-refractivity contribution in [1.29, 1.82) is 0 Å². The Balaban J connectivity index is 2.59. The molecule has 0 spiro atoms. The summed E-state index contributed by atoms with van der Waals surface area (Å²) in [6, 6.07) is 0. The van der Waals surface area contributed by atoms with Gasteiger partial charge in [-0.15, -0.1) is 0 Å². The first-order chi connectivity index (χ1) is 4.84. The first kappa shape index (κ1) is 6.80. The van der Waals surface area contributed by atoms with Crippen LogP contribution in [0.3, 0.4) is 0 Å². The fourth-order valence-electron chi connectivity index (χ4n) is 0.524. The molecule has 0 bridgehead atoms. The summed E-state index contributed by atoms with van der Waals surface area (Å²) in [5.41, 5.74) is 0. The molecule has 0 N–H and O–H groups in total.